The second-order valence-electron chi connectivity index (χ2n) is 4.34. The predicted octanol–water partition coefficient (Wildman–Crippen LogP) is 1.21. The molecule has 90 valence electrons. The van der Waals surface area contributed by atoms with E-state index >= 15 is 0 Å². The molecule has 0 amide bonds. The summed E-state index contributed by atoms with van der Waals surface area (Å²) in [7, 11) is 0. The molecule has 1 atom stereocenters. The summed E-state index contributed by atoms with van der Waals surface area (Å²) in [6, 6.07) is 4.33. The van der Waals surface area contributed by atoms with E-state index < -0.39 is 0 Å². The van der Waals surface area contributed by atoms with Crippen LogP contribution in [0.5, 0.6) is 0 Å². The molecule has 2 rings (SSSR count). The summed E-state index contributed by atoms with van der Waals surface area (Å²) in [5.74, 6) is 0.555. The molecule has 0 bridgehead atoms. The van der Waals surface area contributed by atoms with E-state index in [2.05, 4.69) is 20.6 Å². The van der Waals surface area contributed by atoms with Gasteiger partial charge in [-0.2, -0.15) is 5.26 Å². The predicted molar refractivity (Wildman–Crippen MR) is 65.6 cm³/mol. The molecule has 1 aromatic rings. The molecule has 0 radical (unpaired) electrons. The SMILES string of the molecule is Cc1cc(C#N)nc(NCC[C@@H]2CCCN2)n1. The fraction of sp³-hybridized carbons (Fsp3) is 0.583. The smallest absolute Gasteiger partial charge is 0.224 e. The van der Waals surface area contributed by atoms with Gasteiger partial charge in [-0.3, -0.25) is 0 Å². The van der Waals surface area contributed by atoms with Crippen molar-refractivity contribution in [3.63, 3.8) is 0 Å². The normalized spacial score (nSPS) is 18.9. The lowest BCUT2D eigenvalue weighted by atomic mass is 10.1. The lowest BCUT2D eigenvalue weighted by Gasteiger charge is -2.10. The number of hydrogen-bond acceptors (Lipinski definition) is 5. The molecule has 0 spiro atoms. The maximum atomic E-state index is 8.81. The summed E-state index contributed by atoms with van der Waals surface area (Å²) in [5, 5.41) is 15.4. The van der Waals surface area contributed by atoms with Gasteiger partial charge in [0.1, 0.15) is 11.8 Å². The van der Waals surface area contributed by atoms with Gasteiger partial charge in [0, 0.05) is 18.3 Å². The van der Waals surface area contributed by atoms with Gasteiger partial charge >= 0.3 is 0 Å². The average molecular weight is 231 g/mol. The van der Waals surface area contributed by atoms with E-state index in [-0.39, 0.29) is 0 Å². The average Bonchev–Trinajstić information content (AvgIpc) is 2.81. The van der Waals surface area contributed by atoms with Gasteiger partial charge < -0.3 is 10.6 Å². The van der Waals surface area contributed by atoms with E-state index in [1.165, 1.54) is 12.8 Å². The fourth-order valence-corrected chi connectivity index (χ4v) is 2.07. The summed E-state index contributed by atoms with van der Waals surface area (Å²) in [6.07, 6.45) is 3.59. The Morgan fingerprint density at radius 3 is 3.18 bits per heavy atom. The summed E-state index contributed by atoms with van der Waals surface area (Å²) >= 11 is 0. The van der Waals surface area contributed by atoms with Crippen molar-refractivity contribution in [2.75, 3.05) is 18.4 Å². The van der Waals surface area contributed by atoms with Crippen LogP contribution in [0.25, 0.3) is 0 Å². The van der Waals surface area contributed by atoms with Crippen LogP contribution in [-0.4, -0.2) is 29.1 Å². The van der Waals surface area contributed by atoms with Crippen molar-refractivity contribution in [3.05, 3.63) is 17.5 Å². The van der Waals surface area contributed by atoms with Gasteiger partial charge in [-0.1, -0.05) is 0 Å². The maximum Gasteiger partial charge on any atom is 0.224 e. The van der Waals surface area contributed by atoms with Crippen LogP contribution in [0.2, 0.25) is 0 Å². The molecule has 0 saturated carbocycles. The highest BCUT2D eigenvalue weighted by Gasteiger charge is 2.13. The van der Waals surface area contributed by atoms with Crippen LogP contribution in [-0.2, 0) is 0 Å². The van der Waals surface area contributed by atoms with Crippen molar-refractivity contribution in [1.29, 1.82) is 5.26 Å². The molecule has 1 aliphatic heterocycles. The zero-order valence-corrected chi connectivity index (χ0v) is 10.0. The van der Waals surface area contributed by atoms with Crippen LogP contribution in [0.3, 0.4) is 0 Å². The van der Waals surface area contributed by atoms with Crippen molar-refractivity contribution in [2.24, 2.45) is 0 Å². The Kier molecular flexibility index (Phi) is 3.89. The first kappa shape index (κ1) is 11.8. The Morgan fingerprint density at radius 2 is 2.47 bits per heavy atom. The number of nitriles is 1. The van der Waals surface area contributed by atoms with Crippen molar-refractivity contribution in [3.8, 4) is 6.07 Å². The van der Waals surface area contributed by atoms with Crippen molar-refractivity contribution in [1.82, 2.24) is 15.3 Å². The summed E-state index contributed by atoms with van der Waals surface area (Å²) in [5.41, 5.74) is 1.23. The highest BCUT2D eigenvalue weighted by Crippen LogP contribution is 2.09. The third-order valence-electron chi connectivity index (χ3n) is 2.91. The lowest BCUT2D eigenvalue weighted by Crippen LogP contribution is -2.24. The minimum Gasteiger partial charge on any atom is -0.354 e. The molecule has 2 N–H and O–H groups in total. The maximum absolute atomic E-state index is 8.81. The Hall–Kier alpha value is -1.67. The number of aryl methyl sites for hydroxylation is 1. The summed E-state index contributed by atoms with van der Waals surface area (Å²) in [6.45, 7) is 3.84. The Bertz CT molecular complexity index is 417. The molecule has 1 saturated heterocycles. The van der Waals surface area contributed by atoms with E-state index in [9.17, 15) is 0 Å². The summed E-state index contributed by atoms with van der Waals surface area (Å²) in [4.78, 5) is 8.36. The highest BCUT2D eigenvalue weighted by atomic mass is 15.1. The molecular formula is C12H17N5. The van der Waals surface area contributed by atoms with E-state index in [1.54, 1.807) is 6.07 Å². The molecule has 17 heavy (non-hydrogen) atoms. The first-order valence-electron chi connectivity index (χ1n) is 6.01. The van der Waals surface area contributed by atoms with Crippen LogP contribution in [0.1, 0.15) is 30.7 Å². The van der Waals surface area contributed by atoms with Crippen molar-refractivity contribution < 1.29 is 0 Å². The second kappa shape index (κ2) is 5.60. The Balaban J connectivity index is 1.85. The van der Waals surface area contributed by atoms with Gasteiger partial charge in [0.05, 0.1) is 0 Å². The van der Waals surface area contributed by atoms with Crippen LogP contribution in [0.4, 0.5) is 5.95 Å². The van der Waals surface area contributed by atoms with Gasteiger partial charge in [0.2, 0.25) is 5.95 Å². The molecule has 0 unspecified atom stereocenters. The largest absolute Gasteiger partial charge is 0.354 e. The zero-order valence-electron chi connectivity index (χ0n) is 10.0. The second-order valence-corrected chi connectivity index (χ2v) is 4.34. The molecule has 1 fully saturated rings. The van der Waals surface area contributed by atoms with Crippen molar-refractivity contribution in [2.45, 2.75) is 32.2 Å². The summed E-state index contributed by atoms with van der Waals surface area (Å²) < 4.78 is 0. The number of aromatic nitrogens is 2. The third-order valence-corrected chi connectivity index (χ3v) is 2.91. The fourth-order valence-electron chi connectivity index (χ4n) is 2.07. The van der Waals surface area contributed by atoms with E-state index in [0.29, 0.717) is 17.7 Å². The molecule has 2 heterocycles. The number of hydrogen-bond donors (Lipinski definition) is 2. The van der Waals surface area contributed by atoms with E-state index in [1.807, 2.05) is 13.0 Å². The Labute approximate surface area is 101 Å². The minimum atomic E-state index is 0.416. The minimum absolute atomic E-state index is 0.416. The quantitative estimate of drug-likeness (QED) is 0.814. The van der Waals surface area contributed by atoms with Crippen LogP contribution in [0.15, 0.2) is 6.07 Å². The van der Waals surface area contributed by atoms with Gasteiger partial charge in [0.25, 0.3) is 0 Å². The van der Waals surface area contributed by atoms with Gasteiger partial charge in [-0.15, -0.1) is 0 Å². The number of anilines is 1. The van der Waals surface area contributed by atoms with Crippen molar-refractivity contribution >= 4 is 5.95 Å². The first-order valence-corrected chi connectivity index (χ1v) is 6.01. The third kappa shape index (κ3) is 3.40. The van der Waals surface area contributed by atoms with Crippen LogP contribution >= 0.6 is 0 Å². The van der Waals surface area contributed by atoms with E-state index in [0.717, 1.165) is 25.2 Å². The van der Waals surface area contributed by atoms with Gasteiger partial charge in [-0.05, 0) is 38.8 Å². The van der Waals surface area contributed by atoms with Gasteiger partial charge in [-0.25, -0.2) is 9.97 Å². The topological polar surface area (TPSA) is 73.6 Å². The number of nitrogens with zero attached hydrogens (tertiary/aromatic N) is 3. The molecule has 1 aromatic heterocycles. The van der Waals surface area contributed by atoms with Crippen LogP contribution in [0, 0.1) is 18.3 Å². The van der Waals surface area contributed by atoms with Crippen LogP contribution < -0.4 is 10.6 Å². The molecule has 5 heteroatoms. The molecular weight excluding hydrogens is 214 g/mol. The Morgan fingerprint density at radius 1 is 1.59 bits per heavy atom. The number of rotatable bonds is 4. The molecule has 0 aromatic carbocycles. The molecule has 5 nitrogen and oxygen atoms in total. The lowest BCUT2D eigenvalue weighted by molar-refractivity contribution is 0.573. The first-order chi connectivity index (χ1) is 8.28. The number of nitrogens with one attached hydrogen (secondary N) is 2. The van der Waals surface area contributed by atoms with E-state index in [4.69, 9.17) is 5.26 Å². The molecule has 0 aliphatic carbocycles. The molecule has 1 aliphatic rings. The standard InChI is InChI=1S/C12H17N5/c1-9-7-11(8-13)17-12(16-9)15-6-4-10-3-2-5-14-10/h7,10,14H,2-6H2,1H3,(H,15,16,17)/t10-/m0/s1. The van der Waals surface area contributed by atoms with Gasteiger partial charge in [0.15, 0.2) is 0 Å². The monoisotopic (exact) mass is 231 g/mol. The zero-order chi connectivity index (χ0) is 12.1. The highest BCUT2D eigenvalue weighted by molar-refractivity contribution is 5.32.